The van der Waals surface area contributed by atoms with E-state index in [9.17, 15) is 14.4 Å². The molecule has 190 valence electrons. The number of benzene rings is 1. The quantitative estimate of drug-likeness (QED) is 0.186. The van der Waals surface area contributed by atoms with Crippen molar-refractivity contribution in [2.75, 3.05) is 17.2 Å². The maximum absolute atomic E-state index is 13.3. The van der Waals surface area contributed by atoms with Crippen molar-refractivity contribution < 1.29 is 23.5 Å². The summed E-state index contributed by atoms with van der Waals surface area (Å²) in [5.74, 6) is -0.635. The van der Waals surface area contributed by atoms with Crippen LogP contribution in [0, 0.1) is 0 Å². The molecule has 2 aromatic heterocycles. The van der Waals surface area contributed by atoms with Crippen molar-refractivity contribution in [3.8, 4) is 0 Å². The third-order valence-electron chi connectivity index (χ3n) is 5.92. The van der Waals surface area contributed by atoms with E-state index in [0.717, 1.165) is 42.6 Å². The van der Waals surface area contributed by atoms with Crippen molar-refractivity contribution in [1.82, 2.24) is 0 Å². The van der Waals surface area contributed by atoms with Gasteiger partial charge in [0.15, 0.2) is 5.76 Å². The van der Waals surface area contributed by atoms with Gasteiger partial charge in [-0.1, -0.05) is 19.4 Å². The number of ether oxygens (including phenoxy) is 1. The third-order valence-corrected chi connectivity index (χ3v) is 8.48. The number of anilines is 2. The van der Waals surface area contributed by atoms with Crippen molar-refractivity contribution in [3.05, 3.63) is 64.4 Å². The second-order valence-corrected chi connectivity index (χ2v) is 10.8. The number of hydrogen-bond donors (Lipinski definition) is 2. The Balaban J connectivity index is 1.49. The highest BCUT2D eigenvalue weighted by atomic mass is 32.2. The van der Waals surface area contributed by atoms with E-state index in [1.54, 1.807) is 25.1 Å². The number of carbonyl (C=O) groups is 3. The molecule has 0 saturated heterocycles. The summed E-state index contributed by atoms with van der Waals surface area (Å²) in [6.07, 6.45) is 7.06. The summed E-state index contributed by atoms with van der Waals surface area (Å²) in [4.78, 5) is 40.5. The Labute approximate surface area is 219 Å². The van der Waals surface area contributed by atoms with Crippen LogP contribution in [-0.2, 0) is 22.4 Å². The lowest BCUT2D eigenvalue weighted by atomic mass is 10.1. The molecule has 1 aromatic carbocycles. The van der Waals surface area contributed by atoms with Crippen LogP contribution in [0.2, 0.25) is 0 Å². The summed E-state index contributed by atoms with van der Waals surface area (Å²) in [5.41, 5.74) is 2.17. The average molecular weight is 527 g/mol. The Hall–Kier alpha value is -3.04. The average Bonchev–Trinajstić information content (AvgIpc) is 3.46. The highest BCUT2D eigenvalue weighted by molar-refractivity contribution is 8.00. The van der Waals surface area contributed by atoms with Gasteiger partial charge in [0.25, 0.3) is 5.91 Å². The number of esters is 1. The van der Waals surface area contributed by atoms with Gasteiger partial charge in [-0.3, -0.25) is 9.59 Å². The van der Waals surface area contributed by atoms with Crippen molar-refractivity contribution in [1.29, 1.82) is 0 Å². The van der Waals surface area contributed by atoms with Gasteiger partial charge in [0.05, 0.1) is 23.7 Å². The van der Waals surface area contributed by atoms with Crippen LogP contribution in [-0.4, -0.2) is 29.6 Å². The first-order valence-electron chi connectivity index (χ1n) is 12.2. The zero-order valence-electron chi connectivity index (χ0n) is 20.4. The Morgan fingerprint density at radius 3 is 2.67 bits per heavy atom. The van der Waals surface area contributed by atoms with Crippen LogP contribution in [0.25, 0.3) is 0 Å². The molecule has 0 radical (unpaired) electrons. The maximum Gasteiger partial charge on any atom is 0.341 e. The molecule has 2 heterocycles. The zero-order chi connectivity index (χ0) is 25.5. The molecule has 1 aliphatic rings. The lowest BCUT2D eigenvalue weighted by Gasteiger charge is -2.16. The molecular weight excluding hydrogens is 496 g/mol. The largest absolute Gasteiger partial charge is 0.462 e. The highest BCUT2D eigenvalue weighted by Gasteiger charge is 2.28. The molecule has 1 aliphatic carbocycles. The van der Waals surface area contributed by atoms with Crippen molar-refractivity contribution in [3.63, 3.8) is 0 Å². The molecule has 0 saturated carbocycles. The number of aryl methyl sites for hydroxylation is 1. The third kappa shape index (κ3) is 6.20. The highest BCUT2D eigenvalue weighted by Crippen LogP contribution is 2.39. The Kier molecular flexibility index (Phi) is 8.88. The first kappa shape index (κ1) is 26.0. The minimum atomic E-state index is -0.377. The van der Waals surface area contributed by atoms with Gasteiger partial charge in [-0.25, -0.2) is 4.79 Å². The summed E-state index contributed by atoms with van der Waals surface area (Å²) >= 11 is 2.92. The van der Waals surface area contributed by atoms with E-state index in [-0.39, 0.29) is 35.4 Å². The molecule has 3 aromatic rings. The summed E-state index contributed by atoms with van der Waals surface area (Å²) in [6, 6.07) is 10.6. The molecule has 2 amide bonds. The summed E-state index contributed by atoms with van der Waals surface area (Å²) in [6.45, 7) is 4.03. The summed E-state index contributed by atoms with van der Waals surface area (Å²) < 4.78 is 10.5. The first-order valence-corrected chi connectivity index (χ1v) is 13.9. The van der Waals surface area contributed by atoms with Crippen LogP contribution >= 0.6 is 23.1 Å². The number of thiophene rings is 1. The summed E-state index contributed by atoms with van der Waals surface area (Å²) in [5, 5.41) is 6.06. The van der Waals surface area contributed by atoms with Crippen LogP contribution in [0.15, 0.2) is 52.0 Å². The number of carbonyl (C=O) groups excluding carboxylic acids is 3. The minimum Gasteiger partial charge on any atom is -0.462 e. The predicted octanol–water partition coefficient (Wildman–Crippen LogP) is 6.55. The zero-order valence-corrected chi connectivity index (χ0v) is 22.1. The molecule has 7 nitrogen and oxygen atoms in total. The number of furan rings is 1. The fraction of sp³-hybridized carbons (Fsp3) is 0.370. The van der Waals surface area contributed by atoms with Crippen LogP contribution in [0.1, 0.15) is 70.9 Å². The molecule has 9 heteroatoms. The molecule has 0 fully saturated rings. The minimum absolute atomic E-state index is 0.158. The summed E-state index contributed by atoms with van der Waals surface area (Å²) in [7, 11) is 0. The van der Waals surface area contributed by atoms with E-state index in [0.29, 0.717) is 22.7 Å². The molecule has 2 N–H and O–H groups in total. The van der Waals surface area contributed by atoms with Crippen molar-refractivity contribution >= 4 is 51.6 Å². The van der Waals surface area contributed by atoms with Crippen molar-refractivity contribution in [2.24, 2.45) is 0 Å². The fourth-order valence-electron chi connectivity index (χ4n) is 4.18. The fourth-order valence-corrected chi connectivity index (χ4v) is 6.47. The van der Waals surface area contributed by atoms with E-state index in [1.807, 2.05) is 25.1 Å². The molecule has 36 heavy (non-hydrogen) atoms. The molecule has 0 bridgehead atoms. The van der Waals surface area contributed by atoms with Gasteiger partial charge in [0, 0.05) is 15.5 Å². The van der Waals surface area contributed by atoms with Gasteiger partial charge < -0.3 is 19.8 Å². The molecule has 1 atom stereocenters. The second kappa shape index (κ2) is 12.3. The number of fused-ring (bicyclic) bond motifs is 1. The van der Waals surface area contributed by atoms with Gasteiger partial charge in [0.2, 0.25) is 5.91 Å². The topological polar surface area (TPSA) is 97.6 Å². The number of amides is 2. The van der Waals surface area contributed by atoms with Gasteiger partial charge in [0.1, 0.15) is 5.00 Å². The van der Waals surface area contributed by atoms with E-state index in [1.165, 1.54) is 34.2 Å². The van der Waals surface area contributed by atoms with E-state index in [4.69, 9.17) is 9.15 Å². The van der Waals surface area contributed by atoms with E-state index in [2.05, 4.69) is 10.6 Å². The van der Waals surface area contributed by atoms with Gasteiger partial charge >= 0.3 is 5.97 Å². The molecule has 1 unspecified atom stereocenters. The van der Waals surface area contributed by atoms with Crippen LogP contribution in [0.5, 0.6) is 0 Å². The second-order valence-electron chi connectivity index (χ2n) is 8.45. The van der Waals surface area contributed by atoms with Crippen molar-refractivity contribution in [2.45, 2.75) is 62.5 Å². The van der Waals surface area contributed by atoms with Crippen LogP contribution < -0.4 is 10.6 Å². The van der Waals surface area contributed by atoms with Gasteiger partial charge in [-0.05, 0) is 74.9 Å². The Morgan fingerprint density at radius 1 is 1.08 bits per heavy atom. The molecular formula is C27H30N2O5S2. The van der Waals surface area contributed by atoms with E-state index < -0.39 is 0 Å². The molecule has 0 aliphatic heterocycles. The van der Waals surface area contributed by atoms with Gasteiger partial charge in [-0.2, -0.15) is 0 Å². The smallest absolute Gasteiger partial charge is 0.341 e. The normalized spacial score (nSPS) is 13.8. The predicted molar refractivity (Wildman–Crippen MR) is 143 cm³/mol. The molecule has 0 spiro atoms. The van der Waals surface area contributed by atoms with Crippen LogP contribution in [0.3, 0.4) is 0 Å². The Bertz CT molecular complexity index is 1220. The number of nitrogens with one attached hydrogen (secondary N) is 2. The van der Waals surface area contributed by atoms with Gasteiger partial charge in [-0.15, -0.1) is 23.1 Å². The number of hydrogen-bond acceptors (Lipinski definition) is 7. The standard InChI is InChI=1S/C27H30N2O5S2/c1-3-21(35-18-11-8-10-17(16-18)28-24(30)20-13-9-15-34-20)25(31)29-26-23(27(32)33-4-2)19-12-6-5-7-14-22(19)36-26/h8-11,13,15-16,21H,3-7,12,14H2,1-2H3,(H,28,30)(H,29,31). The monoisotopic (exact) mass is 526 g/mol. The number of rotatable bonds is 9. The maximum atomic E-state index is 13.3. The van der Waals surface area contributed by atoms with Crippen LogP contribution in [0.4, 0.5) is 10.7 Å². The molecule has 4 rings (SSSR count). The first-order chi connectivity index (χ1) is 17.5. The lowest BCUT2D eigenvalue weighted by molar-refractivity contribution is -0.115. The lowest BCUT2D eigenvalue weighted by Crippen LogP contribution is -2.25. The number of thioether (sulfide) groups is 1. The Morgan fingerprint density at radius 2 is 1.92 bits per heavy atom. The van der Waals surface area contributed by atoms with E-state index >= 15 is 0 Å². The SMILES string of the molecule is CCOC(=O)c1c(NC(=O)C(CC)Sc2cccc(NC(=O)c3ccco3)c2)sc2c1CCCCC2.